The van der Waals surface area contributed by atoms with Crippen LogP contribution in [-0.4, -0.2) is 24.7 Å². The van der Waals surface area contributed by atoms with Crippen LogP contribution in [0.1, 0.15) is 53.8 Å². The molecule has 3 nitrogen and oxygen atoms in total. The predicted octanol–water partition coefficient (Wildman–Crippen LogP) is 5.74. The van der Waals surface area contributed by atoms with E-state index >= 15 is 0 Å². The van der Waals surface area contributed by atoms with Gasteiger partial charge in [-0.15, -0.1) is 23.1 Å². The highest BCUT2D eigenvalue weighted by Gasteiger charge is 2.51. The second-order valence-electron chi connectivity index (χ2n) is 9.45. The van der Waals surface area contributed by atoms with Gasteiger partial charge in [0.1, 0.15) is 0 Å². The van der Waals surface area contributed by atoms with Gasteiger partial charge < -0.3 is 10.1 Å². The number of hydrogen-bond donors (Lipinski definition) is 1. The van der Waals surface area contributed by atoms with Gasteiger partial charge in [0.15, 0.2) is 0 Å². The van der Waals surface area contributed by atoms with Gasteiger partial charge in [0, 0.05) is 27.6 Å². The minimum atomic E-state index is 0.0426. The summed E-state index contributed by atoms with van der Waals surface area (Å²) < 4.78 is 6.44. The number of nitrogens with one attached hydrogen (secondary N) is 1. The molecule has 0 atom stereocenters. The first-order chi connectivity index (χ1) is 14.2. The van der Waals surface area contributed by atoms with E-state index in [-0.39, 0.29) is 11.5 Å². The van der Waals surface area contributed by atoms with Crippen molar-refractivity contribution in [2.75, 3.05) is 13.2 Å². The van der Waals surface area contributed by atoms with Crippen molar-refractivity contribution < 1.29 is 9.53 Å². The smallest absolute Gasteiger partial charge is 0.261 e. The summed E-state index contributed by atoms with van der Waals surface area (Å²) in [5.41, 5.74) is 2.68. The number of fused-ring (bicyclic) bond motifs is 3. The monoisotopic (exact) mass is 425 g/mol. The third kappa shape index (κ3) is 3.35. The number of hydrogen-bond acceptors (Lipinski definition) is 4. The summed E-state index contributed by atoms with van der Waals surface area (Å²) in [6.07, 6.45) is 8.06. The lowest BCUT2D eigenvalue weighted by Crippen LogP contribution is -2.52. The van der Waals surface area contributed by atoms with E-state index in [4.69, 9.17) is 4.74 Å². The molecule has 7 rings (SSSR count). The summed E-state index contributed by atoms with van der Waals surface area (Å²) in [5, 5.41) is 3.10. The number of thiophene rings is 1. The fourth-order valence-electron chi connectivity index (χ4n) is 6.54. The van der Waals surface area contributed by atoms with Crippen molar-refractivity contribution in [2.24, 2.45) is 17.8 Å². The zero-order chi connectivity index (χ0) is 19.4. The van der Waals surface area contributed by atoms with Crippen LogP contribution in [0.4, 0.5) is 0 Å². The van der Waals surface area contributed by atoms with Crippen LogP contribution in [0, 0.1) is 17.8 Å². The Morgan fingerprint density at radius 1 is 1.10 bits per heavy atom. The lowest BCUT2D eigenvalue weighted by molar-refractivity contribution is -0.160. The Bertz CT molecular complexity index is 915. The molecule has 1 aromatic heterocycles. The number of benzene rings is 1. The quantitative estimate of drug-likeness (QED) is 0.621. The van der Waals surface area contributed by atoms with Gasteiger partial charge in [-0.3, -0.25) is 4.79 Å². The standard InChI is InChI=1S/C24H27NO2S2/c26-23(21-10-18-14-28-20-4-2-1-3-19(20)22(18)29-21)25-5-6-27-24-11-15-7-16(12-24)9-17(8-15)13-24/h1-4,10,15-17H,5-9,11-14H2,(H,25,26). The molecule has 0 unspecified atom stereocenters. The van der Waals surface area contributed by atoms with E-state index in [9.17, 15) is 4.79 Å². The van der Waals surface area contributed by atoms with E-state index in [0.717, 1.165) is 28.4 Å². The Morgan fingerprint density at radius 3 is 2.59 bits per heavy atom. The Hall–Kier alpha value is -1.30. The number of carbonyl (C=O) groups excluding carboxylic acids is 1. The first kappa shape index (κ1) is 18.5. The Kier molecular flexibility index (Phi) is 4.55. The van der Waals surface area contributed by atoms with Gasteiger partial charge in [-0.05, 0) is 74.0 Å². The maximum absolute atomic E-state index is 12.7. The Labute approximate surface area is 180 Å². The van der Waals surface area contributed by atoms with Crippen LogP contribution in [0.15, 0.2) is 35.2 Å². The van der Waals surface area contributed by atoms with Crippen molar-refractivity contribution in [1.29, 1.82) is 0 Å². The van der Waals surface area contributed by atoms with E-state index < -0.39 is 0 Å². The first-order valence-corrected chi connectivity index (χ1v) is 12.7. The van der Waals surface area contributed by atoms with Crippen LogP contribution in [0.25, 0.3) is 10.4 Å². The largest absolute Gasteiger partial charge is 0.373 e. The number of ether oxygens (including phenoxy) is 1. The molecule has 0 saturated heterocycles. The fourth-order valence-corrected chi connectivity index (χ4v) is 8.87. The number of carbonyl (C=O) groups is 1. The third-order valence-electron chi connectivity index (χ3n) is 7.33. The highest BCUT2D eigenvalue weighted by atomic mass is 32.2. The minimum absolute atomic E-state index is 0.0426. The van der Waals surface area contributed by atoms with Gasteiger partial charge in [0.2, 0.25) is 0 Å². The van der Waals surface area contributed by atoms with Crippen molar-refractivity contribution in [2.45, 2.75) is 54.8 Å². The van der Waals surface area contributed by atoms with Gasteiger partial charge in [-0.25, -0.2) is 0 Å². The van der Waals surface area contributed by atoms with E-state index in [0.29, 0.717) is 13.2 Å². The highest BCUT2D eigenvalue weighted by Crippen LogP contribution is 2.57. The average molecular weight is 426 g/mol. The zero-order valence-corrected chi connectivity index (χ0v) is 18.2. The first-order valence-electron chi connectivity index (χ1n) is 10.9. The van der Waals surface area contributed by atoms with Gasteiger partial charge in [-0.1, -0.05) is 18.2 Å². The van der Waals surface area contributed by atoms with Crippen molar-refractivity contribution in [3.8, 4) is 10.4 Å². The summed E-state index contributed by atoms with van der Waals surface area (Å²) in [4.78, 5) is 16.1. The molecule has 1 aliphatic heterocycles. The summed E-state index contributed by atoms with van der Waals surface area (Å²) >= 11 is 3.49. The van der Waals surface area contributed by atoms with E-state index in [1.807, 2.05) is 11.8 Å². The number of thioether (sulfide) groups is 1. The van der Waals surface area contributed by atoms with Gasteiger partial charge in [-0.2, -0.15) is 0 Å². The van der Waals surface area contributed by atoms with Crippen molar-refractivity contribution >= 4 is 29.0 Å². The molecular formula is C24H27NO2S2. The lowest BCUT2D eigenvalue weighted by atomic mass is 9.54. The molecular weight excluding hydrogens is 398 g/mol. The molecule has 4 fully saturated rings. The van der Waals surface area contributed by atoms with E-state index in [2.05, 4.69) is 35.6 Å². The third-order valence-corrected chi connectivity index (χ3v) is 9.66. The zero-order valence-electron chi connectivity index (χ0n) is 16.6. The van der Waals surface area contributed by atoms with Gasteiger partial charge in [0.05, 0.1) is 17.1 Å². The van der Waals surface area contributed by atoms with Gasteiger partial charge >= 0.3 is 0 Å². The highest BCUT2D eigenvalue weighted by molar-refractivity contribution is 7.98. The maximum Gasteiger partial charge on any atom is 0.261 e. The summed E-state index contributed by atoms with van der Waals surface area (Å²) in [7, 11) is 0. The molecule has 2 aromatic rings. The molecule has 5 heteroatoms. The second kappa shape index (κ2) is 7.14. The summed E-state index contributed by atoms with van der Waals surface area (Å²) in [6.45, 7) is 1.25. The molecule has 0 radical (unpaired) electrons. The molecule has 152 valence electrons. The predicted molar refractivity (Wildman–Crippen MR) is 119 cm³/mol. The van der Waals surface area contributed by atoms with Gasteiger partial charge in [0.25, 0.3) is 5.91 Å². The van der Waals surface area contributed by atoms with Crippen LogP contribution in [0.2, 0.25) is 0 Å². The van der Waals surface area contributed by atoms with Crippen molar-refractivity contribution in [3.63, 3.8) is 0 Å². The Balaban J connectivity index is 1.07. The molecule has 1 N–H and O–H groups in total. The normalized spacial score (nSPS) is 31.4. The molecule has 5 aliphatic rings. The average Bonchev–Trinajstić information content (AvgIpc) is 3.15. The molecule has 4 saturated carbocycles. The van der Waals surface area contributed by atoms with E-state index in [1.54, 1.807) is 11.3 Å². The second-order valence-corrected chi connectivity index (χ2v) is 11.5. The fraction of sp³-hybridized carbons (Fsp3) is 0.542. The van der Waals surface area contributed by atoms with Crippen LogP contribution < -0.4 is 5.32 Å². The van der Waals surface area contributed by atoms with Crippen molar-refractivity contribution in [3.05, 3.63) is 40.8 Å². The topological polar surface area (TPSA) is 38.3 Å². The molecule has 29 heavy (non-hydrogen) atoms. The number of amides is 1. The van der Waals surface area contributed by atoms with Crippen LogP contribution in [0.3, 0.4) is 0 Å². The summed E-state index contributed by atoms with van der Waals surface area (Å²) in [5.74, 6) is 3.68. The Morgan fingerprint density at radius 2 is 1.83 bits per heavy atom. The van der Waals surface area contributed by atoms with E-state index in [1.165, 1.54) is 59.4 Å². The SMILES string of the molecule is O=C(NCCOC12CC3CC(CC(C3)C1)C2)c1cc2c(s1)-c1ccccc1SC2. The molecule has 1 amide bonds. The van der Waals surface area contributed by atoms with Crippen LogP contribution >= 0.6 is 23.1 Å². The lowest BCUT2D eigenvalue weighted by Gasteiger charge is -2.56. The molecule has 2 heterocycles. The maximum atomic E-state index is 12.7. The van der Waals surface area contributed by atoms with Crippen molar-refractivity contribution in [1.82, 2.24) is 5.32 Å². The molecule has 1 aromatic carbocycles. The van der Waals surface area contributed by atoms with Crippen LogP contribution in [-0.2, 0) is 10.5 Å². The molecule has 0 spiro atoms. The summed E-state index contributed by atoms with van der Waals surface area (Å²) in [6, 6.07) is 10.6. The van der Waals surface area contributed by atoms with Crippen LogP contribution in [0.5, 0.6) is 0 Å². The molecule has 4 aliphatic carbocycles. The minimum Gasteiger partial charge on any atom is -0.373 e. The number of rotatable bonds is 5. The molecule has 4 bridgehead atoms.